The predicted molar refractivity (Wildman–Crippen MR) is 106 cm³/mol. The van der Waals surface area contributed by atoms with Crippen molar-refractivity contribution in [1.29, 1.82) is 0 Å². The van der Waals surface area contributed by atoms with Gasteiger partial charge in [0.25, 0.3) is 5.91 Å². The zero-order valence-electron chi connectivity index (χ0n) is 16.9. The van der Waals surface area contributed by atoms with Gasteiger partial charge in [0.15, 0.2) is 11.5 Å². The first-order valence-electron chi connectivity index (χ1n) is 9.04. The van der Waals surface area contributed by atoms with Crippen LogP contribution in [0.15, 0.2) is 36.7 Å². The number of fused-ring (bicyclic) bond motifs is 1. The Morgan fingerprint density at radius 1 is 1.23 bits per heavy atom. The van der Waals surface area contributed by atoms with Crippen LogP contribution in [0.2, 0.25) is 0 Å². The normalized spacial score (nSPS) is 21.1. The molecule has 4 rings (SSSR count). The van der Waals surface area contributed by atoms with Gasteiger partial charge in [-0.15, -0.1) is 0 Å². The highest BCUT2D eigenvalue weighted by Gasteiger charge is 2.66. The van der Waals surface area contributed by atoms with E-state index in [2.05, 4.69) is 4.98 Å². The predicted octanol–water partition coefficient (Wildman–Crippen LogP) is 1.18. The molecule has 2 aliphatic heterocycles. The van der Waals surface area contributed by atoms with E-state index < -0.39 is 28.3 Å². The van der Waals surface area contributed by atoms with E-state index in [9.17, 15) is 13.2 Å². The molecule has 1 spiro atoms. The van der Waals surface area contributed by atoms with Gasteiger partial charge in [-0.2, -0.15) is 16.8 Å². The lowest BCUT2D eigenvalue weighted by Crippen LogP contribution is -2.74. The molecule has 30 heavy (non-hydrogen) atoms. The minimum atomic E-state index is -4.23. The zero-order chi connectivity index (χ0) is 21.7. The van der Waals surface area contributed by atoms with Crippen molar-refractivity contribution in [3.8, 4) is 11.5 Å². The highest BCUT2D eigenvalue weighted by molar-refractivity contribution is 7.82. The van der Waals surface area contributed by atoms with Crippen LogP contribution < -0.4 is 14.4 Å². The highest BCUT2D eigenvalue weighted by atomic mass is 32.3. The smallest absolute Gasteiger partial charge is 0.408 e. The molecular weight excluding hydrogens is 414 g/mol. The molecule has 2 aliphatic rings. The quantitative estimate of drug-likeness (QED) is 0.699. The van der Waals surface area contributed by atoms with Crippen molar-refractivity contribution in [3.05, 3.63) is 47.8 Å². The van der Waals surface area contributed by atoms with Gasteiger partial charge >= 0.3 is 16.3 Å². The Balaban J connectivity index is 1.95. The Hall–Kier alpha value is -2.73. The first-order chi connectivity index (χ1) is 14.2. The lowest BCUT2D eigenvalue weighted by atomic mass is 9.92. The number of likely N-dealkylation sites (N-methyl/N-ethyl adjacent to an activating group) is 1. The first-order valence-corrected chi connectivity index (χ1v) is 10.4. The Morgan fingerprint density at radius 2 is 1.90 bits per heavy atom. The van der Waals surface area contributed by atoms with Crippen LogP contribution in [0.1, 0.15) is 15.9 Å². The molecule has 11 heteroatoms. The topological polar surface area (TPSA) is 108 Å². The highest BCUT2D eigenvalue weighted by Crippen LogP contribution is 2.50. The maximum Gasteiger partial charge on any atom is 0.408 e. The number of benzene rings is 1. The second-order valence-corrected chi connectivity index (χ2v) is 8.26. The number of aromatic nitrogens is 1. The van der Waals surface area contributed by atoms with Gasteiger partial charge in [0.05, 0.1) is 31.5 Å². The van der Waals surface area contributed by atoms with Crippen molar-refractivity contribution >= 4 is 22.0 Å². The third-order valence-corrected chi connectivity index (χ3v) is 6.04. The van der Waals surface area contributed by atoms with Crippen molar-refractivity contribution in [2.75, 3.05) is 33.2 Å². The van der Waals surface area contributed by atoms with Crippen molar-refractivity contribution in [2.45, 2.75) is 18.4 Å². The van der Waals surface area contributed by atoms with Crippen LogP contribution in [0.4, 0.5) is 5.69 Å². The van der Waals surface area contributed by atoms with Crippen LogP contribution in [-0.2, 0) is 25.2 Å². The summed E-state index contributed by atoms with van der Waals surface area (Å²) < 4.78 is 45.2. The van der Waals surface area contributed by atoms with E-state index >= 15 is 0 Å². The van der Waals surface area contributed by atoms with E-state index in [0.29, 0.717) is 23.6 Å². The monoisotopic (exact) mass is 435 g/mol. The number of anilines is 1. The van der Waals surface area contributed by atoms with Gasteiger partial charge in [-0.1, -0.05) is 0 Å². The molecule has 1 amide bonds. The van der Waals surface area contributed by atoms with Gasteiger partial charge in [-0.25, -0.2) is 0 Å². The van der Waals surface area contributed by atoms with E-state index in [1.165, 1.54) is 31.5 Å². The van der Waals surface area contributed by atoms with Crippen LogP contribution in [0.25, 0.3) is 0 Å². The van der Waals surface area contributed by atoms with Gasteiger partial charge in [-0.05, 0) is 44.3 Å². The molecule has 160 valence electrons. The number of nitrogens with zero attached hydrogens (tertiary/aromatic N) is 3. The summed E-state index contributed by atoms with van der Waals surface area (Å²) in [6.07, 6.45) is 3.27. The van der Waals surface area contributed by atoms with E-state index in [1.54, 1.807) is 43.3 Å². The number of carbonyl (C=O) groups is 1. The summed E-state index contributed by atoms with van der Waals surface area (Å²) in [6, 6.07) is 5.94. The van der Waals surface area contributed by atoms with Crippen LogP contribution >= 0.6 is 0 Å². The second kappa shape index (κ2) is 7.20. The number of pyridine rings is 1. The van der Waals surface area contributed by atoms with E-state index in [0.717, 1.165) is 5.56 Å². The fourth-order valence-corrected chi connectivity index (χ4v) is 4.77. The minimum Gasteiger partial charge on any atom is -0.493 e. The minimum absolute atomic E-state index is 0.244. The van der Waals surface area contributed by atoms with Crippen LogP contribution in [0, 0.1) is 0 Å². The molecule has 1 aromatic heterocycles. The maximum atomic E-state index is 13.5. The second-order valence-electron chi connectivity index (χ2n) is 7.11. The summed E-state index contributed by atoms with van der Waals surface area (Å²) in [7, 11) is 2.26. The van der Waals surface area contributed by atoms with Crippen molar-refractivity contribution in [2.24, 2.45) is 0 Å². The fraction of sp³-hybridized carbons (Fsp3) is 0.368. The molecule has 0 bridgehead atoms. The molecular formula is C19H21N3O7S. The molecule has 1 saturated heterocycles. The Labute approximate surface area is 174 Å². The van der Waals surface area contributed by atoms with Gasteiger partial charge in [-0.3, -0.25) is 19.6 Å². The van der Waals surface area contributed by atoms with E-state index in [4.69, 9.17) is 17.8 Å². The molecule has 1 unspecified atom stereocenters. The lowest BCUT2D eigenvalue weighted by molar-refractivity contribution is -0.220. The summed E-state index contributed by atoms with van der Waals surface area (Å²) in [4.78, 5) is 20.5. The number of rotatable bonds is 4. The maximum absolute atomic E-state index is 13.5. The molecule has 1 aromatic carbocycles. The summed E-state index contributed by atoms with van der Waals surface area (Å²) in [5.74, 6) is -1.53. The first kappa shape index (κ1) is 20.5. The third kappa shape index (κ3) is 3.10. The van der Waals surface area contributed by atoms with Crippen molar-refractivity contribution in [1.82, 2.24) is 9.88 Å². The molecule has 3 heterocycles. The Bertz CT molecular complexity index is 1080. The van der Waals surface area contributed by atoms with Crippen LogP contribution in [0.5, 0.6) is 11.5 Å². The third-order valence-electron chi connectivity index (χ3n) is 5.15. The largest absolute Gasteiger partial charge is 0.493 e. The Kier molecular flexibility index (Phi) is 4.93. The average Bonchev–Trinajstić information content (AvgIpc) is 2.70. The molecule has 1 atom stereocenters. The summed E-state index contributed by atoms with van der Waals surface area (Å²) >= 11 is 0. The molecule has 0 N–H and O–H groups in total. The molecule has 2 aromatic rings. The average molecular weight is 435 g/mol. The number of ether oxygens (including phenoxy) is 2. The number of hydrogen-bond donors (Lipinski definition) is 0. The molecule has 0 aliphatic carbocycles. The number of methoxy groups -OCH3 is 2. The van der Waals surface area contributed by atoms with Crippen LogP contribution in [-0.4, -0.2) is 64.5 Å². The van der Waals surface area contributed by atoms with Gasteiger partial charge < -0.3 is 9.47 Å². The van der Waals surface area contributed by atoms with Crippen molar-refractivity contribution in [3.63, 3.8) is 0 Å². The number of hydrogen-bond acceptors (Lipinski definition) is 9. The van der Waals surface area contributed by atoms with Crippen LogP contribution in [0.3, 0.4) is 0 Å². The summed E-state index contributed by atoms with van der Waals surface area (Å²) in [5, 5.41) is 0. The number of amides is 1. The molecule has 1 fully saturated rings. The SMILES string of the molecule is COc1cc2c(cc1OC)N(C(=O)c1cccnc1)C1(OS(=O)(=O)O1)C(N(C)C)C2. The van der Waals surface area contributed by atoms with Gasteiger partial charge in [0.1, 0.15) is 0 Å². The zero-order valence-corrected chi connectivity index (χ0v) is 17.7. The van der Waals surface area contributed by atoms with Gasteiger partial charge in [0, 0.05) is 18.5 Å². The van der Waals surface area contributed by atoms with E-state index in [-0.39, 0.29) is 5.56 Å². The lowest BCUT2D eigenvalue weighted by Gasteiger charge is -2.54. The summed E-state index contributed by atoms with van der Waals surface area (Å²) in [6.45, 7) is 0. The Morgan fingerprint density at radius 3 is 2.43 bits per heavy atom. The fourth-order valence-electron chi connectivity index (χ4n) is 3.80. The molecule has 0 saturated carbocycles. The van der Waals surface area contributed by atoms with E-state index in [1.807, 2.05) is 0 Å². The number of carbonyl (C=O) groups excluding carboxylic acids is 1. The standard InChI is InChI=1S/C19H21N3O7S/c1-21(2)17-9-13-8-15(26-3)16(27-4)10-14(13)22(19(17)28-30(24,25)29-19)18(23)12-6-5-7-20-11-12/h5-8,10-11,17H,9H2,1-4H3. The molecule has 10 nitrogen and oxygen atoms in total. The summed E-state index contributed by atoms with van der Waals surface area (Å²) in [5.41, 5.74) is 1.38. The van der Waals surface area contributed by atoms with Crippen molar-refractivity contribution < 1.29 is 31.1 Å². The van der Waals surface area contributed by atoms with Gasteiger partial charge in [0.2, 0.25) is 0 Å². The molecule has 0 radical (unpaired) electrons.